The number of aromatic nitrogens is 1. The molecule has 2 rings (SSSR count). The van der Waals surface area contributed by atoms with Gasteiger partial charge in [0.15, 0.2) is 0 Å². The summed E-state index contributed by atoms with van der Waals surface area (Å²) in [4.78, 5) is 12.3. The topological polar surface area (TPSA) is 43.3 Å². The third-order valence-electron chi connectivity index (χ3n) is 2.93. The van der Waals surface area contributed by atoms with E-state index in [-0.39, 0.29) is 5.91 Å². The van der Waals surface area contributed by atoms with Gasteiger partial charge in [0.1, 0.15) is 5.69 Å². The van der Waals surface area contributed by atoms with Crippen molar-refractivity contribution in [1.29, 1.82) is 0 Å². The van der Waals surface area contributed by atoms with Crippen molar-refractivity contribution in [1.82, 2.24) is 4.57 Å². The predicted molar refractivity (Wildman–Crippen MR) is 82.8 cm³/mol. The molecular weight excluding hydrogens is 320 g/mol. The molecule has 106 valence electrons. The zero-order valence-electron chi connectivity index (χ0n) is 11.5. The largest absolute Gasteiger partial charge is 0.377 e. The molecule has 2 aromatic rings. The van der Waals surface area contributed by atoms with Crippen molar-refractivity contribution in [2.75, 3.05) is 11.9 Å². The summed E-state index contributed by atoms with van der Waals surface area (Å²) in [5.74, 6) is -0.137. The minimum atomic E-state index is -0.137. The highest BCUT2D eigenvalue weighted by Gasteiger charge is 2.12. The van der Waals surface area contributed by atoms with E-state index in [0.717, 1.165) is 15.7 Å². The molecule has 0 unspecified atom stereocenters. The van der Waals surface area contributed by atoms with Crippen LogP contribution in [0.1, 0.15) is 23.0 Å². The SMILES string of the molecule is CCOCc1ccccc1NC(=O)c1cc(Br)cn1C. The van der Waals surface area contributed by atoms with Crippen molar-refractivity contribution >= 4 is 27.5 Å². The van der Waals surface area contributed by atoms with E-state index in [4.69, 9.17) is 4.74 Å². The van der Waals surface area contributed by atoms with Gasteiger partial charge >= 0.3 is 0 Å². The van der Waals surface area contributed by atoms with Crippen LogP contribution in [0.4, 0.5) is 5.69 Å². The van der Waals surface area contributed by atoms with E-state index < -0.39 is 0 Å². The Labute approximate surface area is 126 Å². The van der Waals surface area contributed by atoms with Gasteiger partial charge in [-0.05, 0) is 35.0 Å². The first-order chi connectivity index (χ1) is 9.61. The molecule has 1 heterocycles. The molecule has 0 atom stereocenters. The number of carbonyl (C=O) groups is 1. The number of anilines is 1. The summed E-state index contributed by atoms with van der Waals surface area (Å²) in [5.41, 5.74) is 2.35. The smallest absolute Gasteiger partial charge is 0.272 e. The van der Waals surface area contributed by atoms with Gasteiger partial charge < -0.3 is 14.6 Å². The molecule has 0 aliphatic heterocycles. The number of para-hydroxylation sites is 1. The van der Waals surface area contributed by atoms with E-state index in [0.29, 0.717) is 18.9 Å². The summed E-state index contributed by atoms with van der Waals surface area (Å²) >= 11 is 3.36. The summed E-state index contributed by atoms with van der Waals surface area (Å²) in [7, 11) is 1.84. The molecule has 0 radical (unpaired) electrons. The number of nitrogens with zero attached hydrogens (tertiary/aromatic N) is 1. The lowest BCUT2D eigenvalue weighted by molar-refractivity contribution is 0.101. The van der Waals surface area contributed by atoms with Crippen LogP contribution in [0.5, 0.6) is 0 Å². The van der Waals surface area contributed by atoms with Crippen LogP contribution in [-0.2, 0) is 18.4 Å². The van der Waals surface area contributed by atoms with Crippen LogP contribution < -0.4 is 5.32 Å². The van der Waals surface area contributed by atoms with Crippen molar-refractivity contribution in [2.45, 2.75) is 13.5 Å². The van der Waals surface area contributed by atoms with E-state index in [2.05, 4.69) is 21.2 Å². The zero-order chi connectivity index (χ0) is 14.5. The summed E-state index contributed by atoms with van der Waals surface area (Å²) in [5, 5.41) is 2.93. The van der Waals surface area contributed by atoms with Gasteiger partial charge in [0, 0.05) is 35.6 Å². The second kappa shape index (κ2) is 6.72. The number of benzene rings is 1. The molecule has 0 bridgehead atoms. The van der Waals surface area contributed by atoms with Gasteiger partial charge in [-0.15, -0.1) is 0 Å². The fraction of sp³-hybridized carbons (Fsp3) is 0.267. The average Bonchev–Trinajstić information content (AvgIpc) is 2.77. The van der Waals surface area contributed by atoms with Crippen molar-refractivity contribution in [2.24, 2.45) is 7.05 Å². The fourth-order valence-corrected chi connectivity index (χ4v) is 2.44. The molecule has 4 nitrogen and oxygen atoms in total. The number of carbonyl (C=O) groups excluding carboxylic acids is 1. The second-order valence-electron chi connectivity index (χ2n) is 4.40. The summed E-state index contributed by atoms with van der Waals surface area (Å²) in [6.07, 6.45) is 1.85. The molecule has 0 aliphatic rings. The lowest BCUT2D eigenvalue weighted by atomic mass is 10.2. The predicted octanol–water partition coefficient (Wildman–Crippen LogP) is 3.58. The summed E-state index contributed by atoms with van der Waals surface area (Å²) < 4.78 is 8.08. The first-order valence-electron chi connectivity index (χ1n) is 6.40. The van der Waals surface area contributed by atoms with E-state index in [1.807, 2.05) is 44.4 Å². The normalized spacial score (nSPS) is 10.6. The van der Waals surface area contributed by atoms with Gasteiger partial charge in [0.2, 0.25) is 0 Å². The minimum Gasteiger partial charge on any atom is -0.377 e. The number of rotatable bonds is 5. The van der Waals surface area contributed by atoms with Crippen LogP contribution >= 0.6 is 15.9 Å². The molecule has 0 spiro atoms. The molecule has 1 amide bonds. The van der Waals surface area contributed by atoms with Crippen molar-refractivity contribution in [3.05, 3.63) is 52.3 Å². The number of hydrogen-bond donors (Lipinski definition) is 1. The first kappa shape index (κ1) is 14.8. The highest BCUT2D eigenvalue weighted by molar-refractivity contribution is 9.10. The van der Waals surface area contributed by atoms with Crippen molar-refractivity contribution < 1.29 is 9.53 Å². The molecule has 20 heavy (non-hydrogen) atoms. The quantitative estimate of drug-likeness (QED) is 0.906. The fourth-order valence-electron chi connectivity index (χ4n) is 1.92. The Morgan fingerprint density at radius 2 is 2.15 bits per heavy atom. The van der Waals surface area contributed by atoms with Crippen LogP contribution in [0.25, 0.3) is 0 Å². The Morgan fingerprint density at radius 1 is 1.40 bits per heavy atom. The molecule has 0 fully saturated rings. The third kappa shape index (κ3) is 3.49. The number of ether oxygens (including phenoxy) is 1. The maximum Gasteiger partial charge on any atom is 0.272 e. The van der Waals surface area contributed by atoms with Gasteiger partial charge in [0.05, 0.1) is 6.61 Å². The van der Waals surface area contributed by atoms with E-state index in [9.17, 15) is 4.79 Å². The van der Waals surface area contributed by atoms with Gasteiger partial charge in [-0.1, -0.05) is 18.2 Å². The monoisotopic (exact) mass is 336 g/mol. The molecule has 1 aromatic carbocycles. The van der Waals surface area contributed by atoms with Crippen molar-refractivity contribution in [3.63, 3.8) is 0 Å². The summed E-state index contributed by atoms with van der Waals surface area (Å²) in [6, 6.07) is 9.45. The number of aryl methyl sites for hydroxylation is 1. The highest BCUT2D eigenvalue weighted by atomic mass is 79.9. The highest BCUT2D eigenvalue weighted by Crippen LogP contribution is 2.19. The minimum absolute atomic E-state index is 0.137. The standard InChI is InChI=1S/C15H17BrN2O2/c1-3-20-10-11-6-4-5-7-13(11)17-15(19)14-8-12(16)9-18(14)2/h4-9H,3,10H2,1-2H3,(H,17,19). The van der Waals surface area contributed by atoms with Crippen LogP contribution in [-0.4, -0.2) is 17.1 Å². The van der Waals surface area contributed by atoms with E-state index >= 15 is 0 Å². The Hall–Kier alpha value is -1.59. The number of hydrogen-bond acceptors (Lipinski definition) is 2. The lowest BCUT2D eigenvalue weighted by Gasteiger charge is -2.11. The first-order valence-corrected chi connectivity index (χ1v) is 7.20. The van der Waals surface area contributed by atoms with Crippen LogP contribution in [0.15, 0.2) is 41.0 Å². The van der Waals surface area contributed by atoms with Crippen LogP contribution in [0, 0.1) is 0 Å². The average molecular weight is 337 g/mol. The molecule has 0 aliphatic carbocycles. The summed E-state index contributed by atoms with van der Waals surface area (Å²) in [6.45, 7) is 3.08. The van der Waals surface area contributed by atoms with Gasteiger partial charge in [0.25, 0.3) is 5.91 Å². The van der Waals surface area contributed by atoms with Gasteiger partial charge in [-0.2, -0.15) is 0 Å². The Bertz CT molecular complexity index is 608. The number of amides is 1. The lowest BCUT2D eigenvalue weighted by Crippen LogP contribution is -2.16. The maximum absolute atomic E-state index is 12.3. The van der Waals surface area contributed by atoms with Crippen LogP contribution in [0.2, 0.25) is 0 Å². The Morgan fingerprint density at radius 3 is 2.80 bits per heavy atom. The molecule has 5 heteroatoms. The molecule has 0 saturated heterocycles. The maximum atomic E-state index is 12.3. The van der Waals surface area contributed by atoms with Crippen LogP contribution in [0.3, 0.4) is 0 Å². The second-order valence-corrected chi connectivity index (χ2v) is 5.32. The molecule has 0 saturated carbocycles. The third-order valence-corrected chi connectivity index (χ3v) is 3.37. The van der Waals surface area contributed by atoms with Crippen molar-refractivity contribution in [3.8, 4) is 0 Å². The Balaban J connectivity index is 2.17. The molecular formula is C15H17BrN2O2. The van der Waals surface area contributed by atoms with E-state index in [1.54, 1.807) is 10.6 Å². The Kier molecular flexibility index (Phi) is 4.98. The molecule has 1 aromatic heterocycles. The molecule has 1 N–H and O–H groups in total. The number of nitrogens with one attached hydrogen (secondary N) is 1. The van der Waals surface area contributed by atoms with Gasteiger partial charge in [-0.3, -0.25) is 4.79 Å². The van der Waals surface area contributed by atoms with E-state index in [1.165, 1.54) is 0 Å². The number of halogens is 1. The van der Waals surface area contributed by atoms with Gasteiger partial charge in [-0.25, -0.2) is 0 Å². The zero-order valence-corrected chi connectivity index (χ0v) is 13.1.